The van der Waals surface area contributed by atoms with Crippen molar-refractivity contribution in [1.29, 1.82) is 0 Å². The minimum Gasteiger partial charge on any atom is -0.478 e. The number of aromatic carboxylic acids is 1. The van der Waals surface area contributed by atoms with Crippen molar-refractivity contribution >= 4 is 11.8 Å². The molecule has 16 heavy (non-hydrogen) atoms. The first-order valence-electron chi connectivity index (χ1n) is 5.05. The quantitative estimate of drug-likeness (QED) is 0.751. The lowest BCUT2D eigenvalue weighted by Gasteiger charge is -2.13. The molecule has 2 N–H and O–H groups in total. The average molecular weight is 225 g/mol. The topological polar surface area (TPSA) is 84.3 Å². The average Bonchev–Trinajstić information content (AvgIpc) is 2.27. The number of nitrogens with one attached hydrogen (secondary N) is 1. The Morgan fingerprint density at radius 2 is 2.44 bits per heavy atom. The highest BCUT2D eigenvalue weighted by molar-refractivity contribution is 5.92. The molecular formula is C10H15N3O3. The smallest absolute Gasteiger partial charge is 0.339 e. The van der Waals surface area contributed by atoms with Gasteiger partial charge in [-0.05, 0) is 19.9 Å². The third-order valence-corrected chi connectivity index (χ3v) is 1.96. The van der Waals surface area contributed by atoms with Crippen molar-refractivity contribution in [2.45, 2.75) is 20.0 Å². The van der Waals surface area contributed by atoms with Gasteiger partial charge in [-0.1, -0.05) is 0 Å². The van der Waals surface area contributed by atoms with Crippen molar-refractivity contribution in [2.75, 3.05) is 18.5 Å². The van der Waals surface area contributed by atoms with Crippen molar-refractivity contribution in [3.63, 3.8) is 0 Å². The fraction of sp³-hybridized carbons (Fsp3) is 0.500. The van der Waals surface area contributed by atoms with E-state index in [1.54, 1.807) is 0 Å². The van der Waals surface area contributed by atoms with E-state index in [-0.39, 0.29) is 17.5 Å². The van der Waals surface area contributed by atoms with E-state index in [2.05, 4.69) is 15.5 Å². The van der Waals surface area contributed by atoms with Crippen molar-refractivity contribution in [1.82, 2.24) is 10.2 Å². The van der Waals surface area contributed by atoms with Crippen LogP contribution >= 0.6 is 0 Å². The van der Waals surface area contributed by atoms with Crippen LogP contribution < -0.4 is 5.32 Å². The Morgan fingerprint density at radius 3 is 3.06 bits per heavy atom. The van der Waals surface area contributed by atoms with Crippen LogP contribution in [0.15, 0.2) is 12.3 Å². The molecule has 1 unspecified atom stereocenters. The Hall–Kier alpha value is -1.69. The molecule has 0 aliphatic heterocycles. The molecule has 0 radical (unpaired) electrons. The fourth-order valence-electron chi connectivity index (χ4n) is 1.22. The number of carboxylic acids is 1. The Balaban J connectivity index is 2.63. The summed E-state index contributed by atoms with van der Waals surface area (Å²) < 4.78 is 5.31. The monoisotopic (exact) mass is 225 g/mol. The van der Waals surface area contributed by atoms with Gasteiger partial charge < -0.3 is 15.2 Å². The third-order valence-electron chi connectivity index (χ3n) is 1.96. The third kappa shape index (κ3) is 3.47. The van der Waals surface area contributed by atoms with Crippen molar-refractivity contribution in [3.8, 4) is 0 Å². The SMILES string of the molecule is CCOC(C)CNc1nnccc1C(=O)O. The van der Waals surface area contributed by atoms with Crippen molar-refractivity contribution in [3.05, 3.63) is 17.8 Å². The van der Waals surface area contributed by atoms with Crippen LogP contribution in [0.25, 0.3) is 0 Å². The fourth-order valence-corrected chi connectivity index (χ4v) is 1.22. The summed E-state index contributed by atoms with van der Waals surface area (Å²) in [6.45, 7) is 4.91. The molecule has 1 atom stereocenters. The first kappa shape index (κ1) is 12.4. The lowest BCUT2D eigenvalue weighted by Crippen LogP contribution is -2.21. The molecule has 0 saturated carbocycles. The Morgan fingerprint density at radius 1 is 1.69 bits per heavy atom. The standard InChI is InChI=1S/C10H15N3O3/c1-3-16-7(2)6-11-9-8(10(14)15)4-5-12-13-9/h4-5,7H,3,6H2,1-2H3,(H,11,13)(H,14,15). The molecule has 0 aliphatic carbocycles. The zero-order valence-corrected chi connectivity index (χ0v) is 9.30. The minimum atomic E-state index is -1.03. The van der Waals surface area contributed by atoms with Gasteiger partial charge in [0, 0.05) is 13.2 Å². The van der Waals surface area contributed by atoms with Gasteiger partial charge in [0.25, 0.3) is 0 Å². The van der Waals surface area contributed by atoms with Crippen LogP contribution in [0.4, 0.5) is 5.82 Å². The molecule has 0 fully saturated rings. The largest absolute Gasteiger partial charge is 0.478 e. The van der Waals surface area contributed by atoms with Crippen LogP contribution in [-0.2, 0) is 4.74 Å². The maximum absolute atomic E-state index is 10.9. The summed E-state index contributed by atoms with van der Waals surface area (Å²) >= 11 is 0. The van der Waals surface area contributed by atoms with E-state index in [1.807, 2.05) is 13.8 Å². The number of carbonyl (C=O) groups is 1. The summed E-state index contributed by atoms with van der Waals surface area (Å²) in [4.78, 5) is 10.9. The van der Waals surface area contributed by atoms with Gasteiger partial charge in [0.15, 0.2) is 5.82 Å². The van der Waals surface area contributed by atoms with E-state index >= 15 is 0 Å². The Bertz CT molecular complexity index is 357. The second-order valence-electron chi connectivity index (χ2n) is 3.25. The van der Waals surface area contributed by atoms with Crippen molar-refractivity contribution < 1.29 is 14.6 Å². The molecule has 1 aromatic heterocycles. The molecule has 1 heterocycles. The molecule has 0 aliphatic rings. The molecule has 88 valence electrons. The summed E-state index contributed by atoms with van der Waals surface area (Å²) in [5, 5.41) is 19.2. The van der Waals surface area contributed by atoms with Crippen LogP contribution in [-0.4, -0.2) is 40.5 Å². The van der Waals surface area contributed by atoms with Crippen LogP contribution in [0.5, 0.6) is 0 Å². The highest BCUT2D eigenvalue weighted by Gasteiger charge is 2.11. The van der Waals surface area contributed by atoms with Gasteiger partial charge in [0.05, 0.1) is 12.3 Å². The Kier molecular flexibility index (Phi) is 4.65. The number of ether oxygens (including phenoxy) is 1. The van der Waals surface area contributed by atoms with E-state index < -0.39 is 5.97 Å². The van der Waals surface area contributed by atoms with Crippen LogP contribution in [0.2, 0.25) is 0 Å². The molecule has 0 amide bonds. The van der Waals surface area contributed by atoms with E-state index in [1.165, 1.54) is 12.3 Å². The maximum atomic E-state index is 10.9. The predicted molar refractivity (Wildman–Crippen MR) is 58.6 cm³/mol. The number of aromatic nitrogens is 2. The van der Waals surface area contributed by atoms with Gasteiger partial charge in [0.1, 0.15) is 5.56 Å². The number of nitrogens with zero attached hydrogens (tertiary/aromatic N) is 2. The summed E-state index contributed by atoms with van der Waals surface area (Å²) in [7, 11) is 0. The first-order chi connectivity index (χ1) is 7.65. The van der Waals surface area contributed by atoms with E-state index in [9.17, 15) is 4.79 Å². The molecular weight excluding hydrogens is 210 g/mol. The second-order valence-corrected chi connectivity index (χ2v) is 3.25. The van der Waals surface area contributed by atoms with Crippen molar-refractivity contribution in [2.24, 2.45) is 0 Å². The molecule has 0 bridgehead atoms. The lowest BCUT2D eigenvalue weighted by atomic mass is 10.3. The molecule has 0 spiro atoms. The number of carboxylic acid groups (broad SMARTS) is 1. The first-order valence-corrected chi connectivity index (χ1v) is 5.05. The van der Waals surface area contributed by atoms with Gasteiger partial charge >= 0.3 is 5.97 Å². The highest BCUT2D eigenvalue weighted by atomic mass is 16.5. The normalized spacial score (nSPS) is 12.1. The molecule has 0 aromatic carbocycles. The van der Waals surface area contributed by atoms with Gasteiger partial charge in [0.2, 0.25) is 0 Å². The zero-order chi connectivity index (χ0) is 12.0. The van der Waals surface area contributed by atoms with E-state index in [0.717, 1.165) is 0 Å². The van der Waals surface area contributed by atoms with E-state index in [4.69, 9.17) is 9.84 Å². The van der Waals surface area contributed by atoms with E-state index in [0.29, 0.717) is 13.2 Å². The summed E-state index contributed by atoms with van der Waals surface area (Å²) in [5.74, 6) is -0.761. The minimum absolute atomic E-state index is 0.00588. The van der Waals surface area contributed by atoms with Gasteiger partial charge in [-0.2, -0.15) is 5.10 Å². The van der Waals surface area contributed by atoms with Gasteiger partial charge in [-0.3, -0.25) is 0 Å². The number of hydrogen-bond acceptors (Lipinski definition) is 5. The van der Waals surface area contributed by atoms with Gasteiger partial charge in [-0.25, -0.2) is 4.79 Å². The number of anilines is 1. The van der Waals surface area contributed by atoms with Crippen LogP contribution in [0.3, 0.4) is 0 Å². The molecule has 0 saturated heterocycles. The molecule has 6 heteroatoms. The second kappa shape index (κ2) is 6.02. The summed E-state index contributed by atoms with van der Waals surface area (Å²) in [6, 6.07) is 1.41. The zero-order valence-electron chi connectivity index (χ0n) is 9.30. The molecule has 6 nitrogen and oxygen atoms in total. The van der Waals surface area contributed by atoms with Crippen LogP contribution in [0.1, 0.15) is 24.2 Å². The summed E-state index contributed by atoms with van der Waals surface area (Å²) in [5.41, 5.74) is 0.110. The Labute approximate surface area is 93.6 Å². The number of rotatable bonds is 6. The van der Waals surface area contributed by atoms with Gasteiger partial charge in [-0.15, -0.1) is 5.10 Å². The molecule has 1 rings (SSSR count). The lowest BCUT2D eigenvalue weighted by molar-refractivity contribution is 0.0696. The maximum Gasteiger partial charge on any atom is 0.339 e. The summed E-state index contributed by atoms with van der Waals surface area (Å²) in [6.07, 6.45) is 1.34. The van der Waals surface area contributed by atoms with Crippen LogP contribution in [0, 0.1) is 0 Å². The molecule has 1 aromatic rings. The predicted octanol–water partition coefficient (Wildman–Crippen LogP) is 1.01. The number of hydrogen-bond donors (Lipinski definition) is 2. The highest BCUT2D eigenvalue weighted by Crippen LogP contribution is 2.09.